The fourth-order valence-electron chi connectivity index (χ4n) is 1.47. The average Bonchev–Trinajstić information content (AvgIpc) is 2.38. The zero-order valence-corrected chi connectivity index (χ0v) is 10.1. The zero-order chi connectivity index (χ0) is 13.0. The molecule has 18 heavy (non-hydrogen) atoms. The van der Waals surface area contributed by atoms with Gasteiger partial charge in [0, 0.05) is 23.8 Å². The van der Waals surface area contributed by atoms with Crippen LogP contribution in [0.25, 0.3) is 0 Å². The van der Waals surface area contributed by atoms with Crippen LogP contribution in [0.5, 0.6) is 5.75 Å². The lowest BCUT2D eigenvalue weighted by Crippen LogP contribution is -2.01. The number of halogens is 3. The minimum Gasteiger partial charge on any atom is -0.483 e. The van der Waals surface area contributed by atoms with E-state index in [-0.39, 0.29) is 12.5 Å². The van der Waals surface area contributed by atoms with Gasteiger partial charge in [0.2, 0.25) is 0 Å². The molecule has 5 heteroatoms. The Morgan fingerprint density at radius 3 is 2.44 bits per heavy atom. The van der Waals surface area contributed by atoms with E-state index < -0.39 is 17.4 Å². The minimum absolute atomic E-state index is 0.0523. The molecule has 0 amide bonds. The van der Waals surface area contributed by atoms with Crippen LogP contribution in [0.4, 0.5) is 8.78 Å². The van der Waals surface area contributed by atoms with Crippen LogP contribution in [0.3, 0.4) is 0 Å². The summed E-state index contributed by atoms with van der Waals surface area (Å²) in [4.78, 5) is 3.88. The van der Waals surface area contributed by atoms with Gasteiger partial charge in [-0.05, 0) is 23.8 Å². The van der Waals surface area contributed by atoms with Crippen molar-refractivity contribution >= 4 is 11.6 Å². The summed E-state index contributed by atoms with van der Waals surface area (Å²) in [5, 5.41) is 0. The Kier molecular flexibility index (Phi) is 4.10. The number of aromatic nitrogens is 1. The predicted molar refractivity (Wildman–Crippen MR) is 64.5 cm³/mol. The van der Waals surface area contributed by atoms with Gasteiger partial charge in [0.05, 0.1) is 0 Å². The molecule has 1 heterocycles. The number of hydrogen-bond acceptors (Lipinski definition) is 2. The first-order valence-corrected chi connectivity index (χ1v) is 5.79. The first kappa shape index (κ1) is 12.8. The number of nitrogens with zero attached hydrogens (tertiary/aromatic N) is 1. The first-order valence-electron chi connectivity index (χ1n) is 5.26. The summed E-state index contributed by atoms with van der Waals surface area (Å²) in [6.45, 7) is 0.0574. The molecule has 2 nitrogen and oxygen atoms in total. The summed E-state index contributed by atoms with van der Waals surface area (Å²) in [6, 6.07) is 5.81. The van der Waals surface area contributed by atoms with Crippen LogP contribution in [0.15, 0.2) is 36.7 Å². The van der Waals surface area contributed by atoms with E-state index in [2.05, 4.69) is 4.98 Å². The van der Waals surface area contributed by atoms with Crippen molar-refractivity contribution in [1.82, 2.24) is 4.98 Å². The maximum atomic E-state index is 13.6. The molecule has 0 saturated heterocycles. The van der Waals surface area contributed by atoms with E-state index in [9.17, 15) is 8.78 Å². The van der Waals surface area contributed by atoms with Crippen LogP contribution in [0, 0.1) is 11.6 Å². The van der Waals surface area contributed by atoms with E-state index in [0.29, 0.717) is 5.56 Å². The number of rotatable bonds is 4. The van der Waals surface area contributed by atoms with Crippen LogP contribution < -0.4 is 4.74 Å². The van der Waals surface area contributed by atoms with Gasteiger partial charge in [0.25, 0.3) is 0 Å². The van der Waals surface area contributed by atoms with Crippen molar-refractivity contribution in [1.29, 1.82) is 0 Å². The highest BCUT2D eigenvalue weighted by atomic mass is 35.5. The topological polar surface area (TPSA) is 22.1 Å². The van der Waals surface area contributed by atoms with Crippen LogP contribution in [-0.4, -0.2) is 4.98 Å². The molecule has 0 radical (unpaired) electrons. The third-order valence-electron chi connectivity index (χ3n) is 2.32. The highest BCUT2D eigenvalue weighted by Gasteiger charge is 2.12. The molecular weight excluding hydrogens is 260 g/mol. The number of hydrogen-bond donors (Lipinski definition) is 0. The standard InChI is InChI=1S/C13H10ClF2NO/c14-6-10-4-11(15)13(12(16)5-10)18-8-9-2-1-3-17-7-9/h1-5,7H,6,8H2. The van der Waals surface area contributed by atoms with Crippen molar-refractivity contribution in [3.8, 4) is 5.75 Å². The van der Waals surface area contributed by atoms with Gasteiger partial charge in [-0.2, -0.15) is 0 Å². The average molecular weight is 270 g/mol. The summed E-state index contributed by atoms with van der Waals surface area (Å²) in [7, 11) is 0. The molecule has 0 N–H and O–H groups in total. The Bertz CT molecular complexity index is 511. The van der Waals surface area contributed by atoms with Crippen molar-refractivity contribution in [3.63, 3.8) is 0 Å². The van der Waals surface area contributed by atoms with E-state index in [1.165, 1.54) is 0 Å². The van der Waals surface area contributed by atoms with Crippen molar-refractivity contribution in [2.75, 3.05) is 0 Å². The van der Waals surface area contributed by atoms with Gasteiger partial charge >= 0.3 is 0 Å². The summed E-state index contributed by atoms with van der Waals surface area (Å²) < 4.78 is 32.2. The van der Waals surface area contributed by atoms with Crippen LogP contribution >= 0.6 is 11.6 Å². The largest absolute Gasteiger partial charge is 0.483 e. The maximum absolute atomic E-state index is 13.6. The highest BCUT2D eigenvalue weighted by Crippen LogP contribution is 2.24. The molecule has 2 rings (SSSR count). The summed E-state index contributed by atoms with van der Waals surface area (Å²) in [6.07, 6.45) is 3.18. The minimum atomic E-state index is -0.755. The first-order chi connectivity index (χ1) is 8.70. The normalized spacial score (nSPS) is 10.4. The third-order valence-corrected chi connectivity index (χ3v) is 2.63. The van der Waals surface area contributed by atoms with E-state index in [1.54, 1.807) is 24.5 Å². The lowest BCUT2D eigenvalue weighted by molar-refractivity contribution is 0.273. The lowest BCUT2D eigenvalue weighted by Gasteiger charge is -2.09. The second kappa shape index (κ2) is 5.78. The van der Waals surface area contributed by atoms with Crippen LogP contribution in [-0.2, 0) is 12.5 Å². The molecule has 0 fully saturated rings. The molecule has 0 aliphatic heterocycles. The van der Waals surface area contributed by atoms with E-state index in [1.807, 2.05) is 0 Å². The summed E-state index contributed by atoms with van der Waals surface area (Å²) >= 11 is 5.51. The molecule has 0 unspecified atom stereocenters. The summed E-state index contributed by atoms with van der Waals surface area (Å²) in [5.41, 5.74) is 1.11. The second-order valence-corrected chi connectivity index (χ2v) is 3.94. The zero-order valence-electron chi connectivity index (χ0n) is 9.37. The molecule has 0 aliphatic carbocycles. The molecule has 0 aliphatic rings. The number of alkyl halides is 1. The smallest absolute Gasteiger partial charge is 0.191 e. The van der Waals surface area contributed by atoms with Gasteiger partial charge in [-0.15, -0.1) is 11.6 Å². The molecule has 0 bridgehead atoms. The Morgan fingerprint density at radius 1 is 1.17 bits per heavy atom. The third kappa shape index (κ3) is 2.96. The molecule has 0 spiro atoms. The molecule has 0 saturated carbocycles. The predicted octanol–water partition coefficient (Wildman–Crippen LogP) is 3.68. The van der Waals surface area contributed by atoms with Gasteiger partial charge in [0.15, 0.2) is 17.4 Å². The molecule has 1 aromatic heterocycles. The van der Waals surface area contributed by atoms with Gasteiger partial charge in [0.1, 0.15) is 6.61 Å². The molecule has 94 valence electrons. The lowest BCUT2D eigenvalue weighted by atomic mass is 10.2. The van der Waals surface area contributed by atoms with E-state index in [0.717, 1.165) is 17.7 Å². The van der Waals surface area contributed by atoms with E-state index in [4.69, 9.17) is 16.3 Å². The number of pyridine rings is 1. The molecular formula is C13H10ClF2NO. The molecule has 2 aromatic rings. The van der Waals surface area contributed by atoms with Crippen LogP contribution in [0.2, 0.25) is 0 Å². The Hall–Kier alpha value is -1.68. The van der Waals surface area contributed by atoms with Crippen molar-refractivity contribution in [2.45, 2.75) is 12.5 Å². The Labute approximate surface area is 108 Å². The van der Waals surface area contributed by atoms with Crippen molar-refractivity contribution in [3.05, 3.63) is 59.4 Å². The Morgan fingerprint density at radius 2 is 1.89 bits per heavy atom. The van der Waals surface area contributed by atoms with Gasteiger partial charge in [-0.1, -0.05) is 6.07 Å². The molecule has 0 atom stereocenters. The Balaban J connectivity index is 2.15. The van der Waals surface area contributed by atoms with Crippen molar-refractivity contribution in [2.24, 2.45) is 0 Å². The van der Waals surface area contributed by atoms with Gasteiger partial charge in [-0.25, -0.2) is 8.78 Å². The fraction of sp³-hybridized carbons (Fsp3) is 0.154. The number of ether oxygens (including phenoxy) is 1. The van der Waals surface area contributed by atoms with E-state index >= 15 is 0 Å². The maximum Gasteiger partial charge on any atom is 0.191 e. The number of benzene rings is 1. The van der Waals surface area contributed by atoms with Crippen molar-refractivity contribution < 1.29 is 13.5 Å². The second-order valence-electron chi connectivity index (χ2n) is 3.67. The quantitative estimate of drug-likeness (QED) is 0.790. The van der Waals surface area contributed by atoms with Crippen LogP contribution in [0.1, 0.15) is 11.1 Å². The van der Waals surface area contributed by atoms with Gasteiger partial charge in [-0.3, -0.25) is 4.98 Å². The van der Waals surface area contributed by atoms with Gasteiger partial charge < -0.3 is 4.74 Å². The molecule has 1 aromatic carbocycles. The highest BCUT2D eigenvalue weighted by molar-refractivity contribution is 6.17. The summed E-state index contributed by atoms with van der Waals surface area (Å²) in [5.74, 6) is -1.85. The monoisotopic (exact) mass is 269 g/mol. The fourth-order valence-corrected chi connectivity index (χ4v) is 1.62. The SMILES string of the molecule is Fc1cc(CCl)cc(F)c1OCc1cccnc1.